The summed E-state index contributed by atoms with van der Waals surface area (Å²) in [7, 11) is 0. The molecule has 0 aromatic rings. The van der Waals surface area contributed by atoms with Gasteiger partial charge >= 0.3 is 6.09 Å². The van der Waals surface area contributed by atoms with Crippen LogP contribution in [-0.2, 0) is 4.74 Å². The summed E-state index contributed by atoms with van der Waals surface area (Å²) < 4.78 is 5.05. The molecule has 0 saturated heterocycles. The average molecular weight is 234 g/mol. The molecule has 4 nitrogen and oxygen atoms in total. The van der Waals surface area contributed by atoms with Crippen LogP contribution in [0.4, 0.5) is 4.79 Å². The fraction of sp³-hybridized carbons (Fsp3) is 0.900. The quantitative estimate of drug-likeness (QED) is 0.546. The van der Waals surface area contributed by atoms with E-state index in [9.17, 15) is 4.79 Å². The number of carbonyl (C=O) groups excluding carboxylic acids is 1. The molecule has 0 unspecified atom stereocenters. The van der Waals surface area contributed by atoms with Crippen LogP contribution in [0.25, 0.3) is 0 Å². The monoisotopic (exact) mass is 234 g/mol. The maximum Gasteiger partial charge on any atom is 0.422 e. The number of hydrogen-bond acceptors (Lipinski definition) is 4. The zero-order valence-corrected chi connectivity index (χ0v) is 10.9. The minimum Gasteiger partial charge on any atom is -0.443 e. The molecule has 0 aliphatic heterocycles. The number of nitrogens with one attached hydrogen (secondary N) is 2. The van der Waals surface area contributed by atoms with Crippen molar-refractivity contribution in [3.63, 3.8) is 0 Å². The molecule has 90 valence electrons. The summed E-state index contributed by atoms with van der Waals surface area (Å²) in [5.41, 5.74) is 4.88. The van der Waals surface area contributed by atoms with Crippen molar-refractivity contribution in [1.82, 2.24) is 10.9 Å². The Morgan fingerprint density at radius 1 is 1.40 bits per heavy atom. The molecule has 0 rings (SSSR count). The van der Waals surface area contributed by atoms with Crippen molar-refractivity contribution in [2.24, 2.45) is 0 Å². The molecule has 15 heavy (non-hydrogen) atoms. The van der Waals surface area contributed by atoms with Crippen LogP contribution in [0, 0.1) is 0 Å². The lowest BCUT2D eigenvalue weighted by Gasteiger charge is -2.19. The minimum absolute atomic E-state index is 0.425. The van der Waals surface area contributed by atoms with Crippen LogP contribution in [0.15, 0.2) is 0 Å². The van der Waals surface area contributed by atoms with E-state index in [0.29, 0.717) is 0 Å². The molecule has 0 aromatic carbocycles. The summed E-state index contributed by atoms with van der Waals surface area (Å²) in [5, 5.41) is 0. The predicted octanol–water partition coefficient (Wildman–Crippen LogP) is 2.16. The van der Waals surface area contributed by atoms with Gasteiger partial charge in [0.1, 0.15) is 5.60 Å². The molecular weight excluding hydrogens is 212 g/mol. The Morgan fingerprint density at radius 3 is 2.60 bits per heavy atom. The van der Waals surface area contributed by atoms with Crippen molar-refractivity contribution in [2.45, 2.75) is 39.7 Å². The maximum absolute atomic E-state index is 11.1. The molecule has 0 saturated carbocycles. The molecule has 0 aromatic heterocycles. The fourth-order valence-corrected chi connectivity index (χ4v) is 1.48. The molecule has 5 heteroatoms. The first-order valence-corrected chi connectivity index (χ1v) is 6.41. The predicted molar refractivity (Wildman–Crippen MR) is 65.0 cm³/mol. The summed E-state index contributed by atoms with van der Waals surface area (Å²) in [6.45, 7) is 8.42. The van der Waals surface area contributed by atoms with Crippen LogP contribution >= 0.6 is 11.8 Å². The lowest BCUT2D eigenvalue weighted by Crippen LogP contribution is -2.41. The van der Waals surface area contributed by atoms with E-state index in [1.807, 2.05) is 32.5 Å². The van der Waals surface area contributed by atoms with Crippen molar-refractivity contribution in [1.29, 1.82) is 0 Å². The molecule has 0 aliphatic rings. The van der Waals surface area contributed by atoms with Gasteiger partial charge in [-0.15, -0.1) is 0 Å². The van der Waals surface area contributed by atoms with E-state index in [1.54, 1.807) is 0 Å². The Hall–Kier alpha value is -0.420. The second kappa shape index (κ2) is 7.82. The molecule has 2 N–H and O–H groups in total. The Kier molecular flexibility index (Phi) is 7.60. The summed E-state index contributed by atoms with van der Waals surface area (Å²) in [6, 6.07) is 0. The SMILES string of the molecule is CCSCCCNNC(=O)OC(C)(C)C. The highest BCUT2D eigenvalue weighted by Crippen LogP contribution is 2.05. The van der Waals surface area contributed by atoms with Gasteiger partial charge in [0.05, 0.1) is 0 Å². The smallest absolute Gasteiger partial charge is 0.422 e. The first kappa shape index (κ1) is 14.6. The molecule has 0 heterocycles. The maximum atomic E-state index is 11.1. The van der Waals surface area contributed by atoms with Gasteiger partial charge in [0.25, 0.3) is 0 Å². The number of ether oxygens (including phenoxy) is 1. The van der Waals surface area contributed by atoms with Crippen molar-refractivity contribution < 1.29 is 9.53 Å². The van der Waals surface area contributed by atoms with Gasteiger partial charge in [-0.25, -0.2) is 10.2 Å². The van der Waals surface area contributed by atoms with Crippen LogP contribution in [-0.4, -0.2) is 29.7 Å². The Morgan fingerprint density at radius 2 is 2.07 bits per heavy atom. The highest BCUT2D eigenvalue weighted by atomic mass is 32.2. The third kappa shape index (κ3) is 11.5. The van der Waals surface area contributed by atoms with Crippen molar-refractivity contribution in [2.75, 3.05) is 18.1 Å². The van der Waals surface area contributed by atoms with Gasteiger partial charge < -0.3 is 4.74 Å². The first-order chi connectivity index (χ1) is 6.95. The molecule has 0 spiro atoms. The fourth-order valence-electron chi connectivity index (χ4n) is 0.845. The Labute approximate surface area is 96.5 Å². The standard InChI is InChI=1S/C10H22N2O2S/c1-5-15-8-6-7-11-12-9(13)14-10(2,3)4/h11H,5-8H2,1-4H3,(H,12,13). The van der Waals surface area contributed by atoms with Crippen LogP contribution in [0.2, 0.25) is 0 Å². The van der Waals surface area contributed by atoms with E-state index in [1.165, 1.54) is 0 Å². The van der Waals surface area contributed by atoms with Gasteiger partial charge in [-0.3, -0.25) is 5.43 Å². The second-order valence-electron chi connectivity index (χ2n) is 4.10. The van der Waals surface area contributed by atoms with Gasteiger partial charge in [0.2, 0.25) is 0 Å². The molecule has 0 radical (unpaired) electrons. The number of rotatable bonds is 6. The van der Waals surface area contributed by atoms with Crippen molar-refractivity contribution in [3.05, 3.63) is 0 Å². The second-order valence-corrected chi connectivity index (χ2v) is 5.50. The molecule has 0 fully saturated rings. The molecule has 0 aliphatic carbocycles. The molecule has 0 atom stereocenters. The van der Waals surface area contributed by atoms with Gasteiger partial charge in [0, 0.05) is 6.54 Å². The number of hydrazine groups is 1. The van der Waals surface area contributed by atoms with Crippen LogP contribution in [0.3, 0.4) is 0 Å². The van der Waals surface area contributed by atoms with Crippen LogP contribution in [0.5, 0.6) is 0 Å². The first-order valence-electron chi connectivity index (χ1n) is 5.25. The topological polar surface area (TPSA) is 50.4 Å². The van der Waals surface area contributed by atoms with Crippen molar-refractivity contribution in [3.8, 4) is 0 Å². The number of amides is 1. The average Bonchev–Trinajstić information content (AvgIpc) is 2.08. The lowest BCUT2D eigenvalue weighted by atomic mass is 10.2. The van der Waals surface area contributed by atoms with Gasteiger partial charge in [-0.05, 0) is 38.7 Å². The van der Waals surface area contributed by atoms with Gasteiger partial charge in [-0.2, -0.15) is 11.8 Å². The molecule has 1 amide bonds. The Balaban J connectivity index is 3.32. The highest BCUT2D eigenvalue weighted by molar-refractivity contribution is 7.99. The zero-order chi connectivity index (χ0) is 11.7. The normalized spacial score (nSPS) is 11.2. The van der Waals surface area contributed by atoms with E-state index < -0.39 is 11.7 Å². The number of thioether (sulfide) groups is 1. The molecular formula is C10H22N2O2S. The van der Waals surface area contributed by atoms with Crippen molar-refractivity contribution >= 4 is 17.9 Å². The summed E-state index contributed by atoms with van der Waals surface area (Å²) in [6.07, 6.45) is 0.611. The highest BCUT2D eigenvalue weighted by Gasteiger charge is 2.15. The Bertz CT molecular complexity index is 181. The number of hydrogen-bond donors (Lipinski definition) is 2. The largest absolute Gasteiger partial charge is 0.443 e. The molecule has 0 bridgehead atoms. The van der Waals surface area contributed by atoms with Gasteiger partial charge in [-0.1, -0.05) is 6.92 Å². The zero-order valence-electron chi connectivity index (χ0n) is 10.1. The van der Waals surface area contributed by atoms with Gasteiger partial charge in [0.15, 0.2) is 0 Å². The van der Waals surface area contributed by atoms with E-state index in [2.05, 4.69) is 17.8 Å². The van der Waals surface area contributed by atoms with E-state index in [0.717, 1.165) is 24.5 Å². The third-order valence-electron chi connectivity index (χ3n) is 1.38. The van der Waals surface area contributed by atoms with Crippen LogP contribution in [0.1, 0.15) is 34.1 Å². The summed E-state index contributed by atoms with van der Waals surface area (Å²) in [5.74, 6) is 2.25. The summed E-state index contributed by atoms with van der Waals surface area (Å²) >= 11 is 1.89. The van der Waals surface area contributed by atoms with Crippen LogP contribution < -0.4 is 10.9 Å². The lowest BCUT2D eigenvalue weighted by molar-refractivity contribution is 0.0499. The summed E-state index contributed by atoms with van der Waals surface area (Å²) in [4.78, 5) is 11.1. The third-order valence-corrected chi connectivity index (χ3v) is 2.37. The van der Waals surface area contributed by atoms with E-state index in [4.69, 9.17) is 4.74 Å². The van der Waals surface area contributed by atoms with E-state index >= 15 is 0 Å². The minimum atomic E-state index is -0.441. The number of carbonyl (C=O) groups is 1. The van der Waals surface area contributed by atoms with E-state index in [-0.39, 0.29) is 0 Å².